The molecule has 1 amide bonds. The van der Waals surface area contributed by atoms with Crippen LogP contribution in [-0.4, -0.2) is 66.4 Å². The van der Waals surface area contributed by atoms with Crippen molar-refractivity contribution < 1.29 is 22.7 Å². The molecule has 0 spiro atoms. The topological polar surface area (TPSA) is 84.1 Å². The largest absolute Gasteiger partial charge is 0.487 e. The Hall–Kier alpha value is -3.99. The summed E-state index contributed by atoms with van der Waals surface area (Å²) in [7, 11) is 7.24. The lowest BCUT2D eigenvalue weighted by Gasteiger charge is -2.12. The molecular weight excluding hydrogens is 497 g/mol. The van der Waals surface area contributed by atoms with Crippen LogP contribution in [0.3, 0.4) is 0 Å². The number of ether oxygens (including phenoxy) is 1. The van der Waals surface area contributed by atoms with Gasteiger partial charge < -0.3 is 15.0 Å². The van der Waals surface area contributed by atoms with Gasteiger partial charge in [-0.1, -0.05) is 12.1 Å². The average molecular weight is 529 g/mol. The van der Waals surface area contributed by atoms with Gasteiger partial charge in [0.15, 0.2) is 5.84 Å². The van der Waals surface area contributed by atoms with Gasteiger partial charge in [0, 0.05) is 43.9 Å². The van der Waals surface area contributed by atoms with Crippen molar-refractivity contribution in [3.63, 3.8) is 0 Å². The molecule has 0 aliphatic heterocycles. The minimum Gasteiger partial charge on any atom is -0.487 e. The Balaban J connectivity index is 1.76. The van der Waals surface area contributed by atoms with E-state index >= 15 is 0 Å². The molecule has 2 aromatic carbocycles. The minimum absolute atomic E-state index is 0.0747. The van der Waals surface area contributed by atoms with E-state index < -0.39 is 11.7 Å². The Bertz CT molecular complexity index is 1310. The summed E-state index contributed by atoms with van der Waals surface area (Å²) in [4.78, 5) is 23.5. The Morgan fingerprint density at radius 1 is 1.13 bits per heavy atom. The highest BCUT2D eigenvalue weighted by Crippen LogP contribution is 2.30. The van der Waals surface area contributed by atoms with Gasteiger partial charge in [-0.2, -0.15) is 18.3 Å². The number of aromatic nitrogens is 2. The van der Waals surface area contributed by atoms with Crippen LogP contribution in [0.5, 0.6) is 5.75 Å². The second-order valence-electron chi connectivity index (χ2n) is 8.82. The van der Waals surface area contributed by atoms with Gasteiger partial charge in [-0.15, -0.1) is 0 Å². The zero-order chi connectivity index (χ0) is 27.9. The first-order chi connectivity index (χ1) is 18.0. The third-order valence-corrected chi connectivity index (χ3v) is 5.72. The summed E-state index contributed by atoms with van der Waals surface area (Å²) in [5, 5.41) is 7.18. The molecule has 1 heterocycles. The number of benzene rings is 2. The first-order valence-corrected chi connectivity index (χ1v) is 11.9. The Morgan fingerprint density at radius 2 is 1.82 bits per heavy atom. The molecule has 3 aromatic rings. The van der Waals surface area contributed by atoms with Crippen molar-refractivity contribution in [2.45, 2.75) is 19.7 Å². The van der Waals surface area contributed by atoms with Crippen LogP contribution in [0.25, 0.3) is 0 Å². The number of aryl methyl sites for hydroxylation is 1. The SMILES string of the molecule is CN=C(N=C(C)c1cnn(C)c1COc1ccc(C(F)(F)F)cc1)c1cccc(C(=O)NCCN(C)C)c1. The average Bonchev–Trinajstić information content (AvgIpc) is 3.25. The van der Waals surface area contributed by atoms with Gasteiger partial charge in [0.25, 0.3) is 5.91 Å². The van der Waals surface area contributed by atoms with Crippen LogP contribution in [0.4, 0.5) is 13.2 Å². The number of likely N-dealkylation sites (N-methyl/N-ethyl adjacent to an activating group) is 1. The second-order valence-corrected chi connectivity index (χ2v) is 8.82. The van der Waals surface area contributed by atoms with Crippen LogP contribution in [-0.2, 0) is 19.8 Å². The number of halogens is 3. The van der Waals surface area contributed by atoms with Gasteiger partial charge in [-0.05, 0) is 57.4 Å². The molecule has 3 rings (SSSR count). The third-order valence-electron chi connectivity index (χ3n) is 5.72. The van der Waals surface area contributed by atoms with E-state index in [0.717, 1.165) is 18.7 Å². The van der Waals surface area contributed by atoms with E-state index in [9.17, 15) is 18.0 Å². The van der Waals surface area contributed by atoms with Crippen LogP contribution in [0.15, 0.2) is 64.7 Å². The maximum atomic E-state index is 12.8. The molecule has 0 saturated carbocycles. The smallest absolute Gasteiger partial charge is 0.416 e. The third kappa shape index (κ3) is 7.51. The van der Waals surface area contributed by atoms with Crippen LogP contribution in [0.2, 0.25) is 0 Å². The lowest BCUT2D eigenvalue weighted by molar-refractivity contribution is -0.137. The molecule has 0 aliphatic carbocycles. The molecular formula is C27H31F3N6O2. The van der Waals surface area contributed by atoms with Crippen LogP contribution < -0.4 is 10.1 Å². The summed E-state index contributed by atoms with van der Waals surface area (Å²) < 4.78 is 45.8. The van der Waals surface area contributed by atoms with E-state index in [4.69, 9.17) is 4.74 Å². The molecule has 38 heavy (non-hydrogen) atoms. The van der Waals surface area contributed by atoms with Crippen molar-refractivity contribution >= 4 is 17.5 Å². The minimum atomic E-state index is -4.41. The number of amides is 1. The molecule has 202 valence electrons. The molecule has 0 atom stereocenters. The van der Waals surface area contributed by atoms with E-state index in [2.05, 4.69) is 20.4 Å². The van der Waals surface area contributed by atoms with Crippen molar-refractivity contribution in [3.05, 3.63) is 82.7 Å². The van der Waals surface area contributed by atoms with Gasteiger partial charge in [-0.3, -0.25) is 14.5 Å². The predicted molar refractivity (Wildman–Crippen MR) is 141 cm³/mol. The van der Waals surface area contributed by atoms with Gasteiger partial charge in [-0.25, -0.2) is 4.99 Å². The van der Waals surface area contributed by atoms with E-state index in [1.165, 1.54) is 12.1 Å². The summed E-state index contributed by atoms with van der Waals surface area (Å²) in [6.45, 7) is 3.14. The van der Waals surface area contributed by atoms with Gasteiger partial charge in [0.2, 0.25) is 0 Å². The fourth-order valence-electron chi connectivity index (χ4n) is 3.59. The number of hydrogen-bond acceptors (Lipinski definition) is 5. The highest BCUT2D eigenvalue weighted by Gasteiger charge is 2.30. The van der Waals surface area contributed by atoms with Crippen molar-refractivity contribution in [1.82, 2.24) is 20.0 Å². The Morgan fingerprint density at radius 3 is 2.45 bits per heavy atom. The number of carbonyl (C=O) groups excluding carboxylic acids is 1. The monoisotopic (exact) mass is 528 g/mol. The summed E-state index contributed by atoms with van der Waals surface area (Å²) in [5.74, 6) is 0.556. The molecule has 0 radical (unpaired) electrons. The van der Waals surface area contributed by atoms with Crippen molar-refractivity contribution in [1.29, 1.82) is 0 Å². The molecule has 0 saturated heterocycles. The summed E-state index contributed by atoms with van der Waals surface area (Å²) >= 11 is 0. The molecule has 1 N–H and O–H groups in total. The number of nitrogens with zero attached hydrogens (tertiary/aromatic N) is 5. The standard InChI is InChI=1S/C27H31F3N6O2/c1-18(34-25(31-2)19-7-6-8-20(15-19)26(37)32-13-14-35(3)4)23-16-33-36(5)24(23)17-38-22-11-9-21(10-12-22)27(28,29)30/h6-12,15-16H,13-14,17H2,1-5H3,(H,32,37). The highest BCUT2D eigenvalue weighted by molar-refractivity contribution is 6.12. The lowest BCUT2D eigenvalue weighted by Crippen LogP contribution is -2.31. The van der Waals surface area contributed by atoms with E-state index in [-0.39, 0.29) is 12.5 Å². The van der Waals surface area contributed by atoms with E-state index in [1.807, 2.05) is 32.0 Å². The summed E-state index contributed by atoms with van der Waals surface area (Å²) in [6, 6.07) is 11.6. The fourth-order valence-corrected chi connectivity index (χ4v) is 3.59. The van der Waals surface area contributed by atoms with E-state index in [0.29, 0.717) is 46.2 Å². The van der Waals surface area contributed by atoms with E-state index in [1.54, 1.807) is 43.2 Å². The maximum Gasteiger partial charge on any atom is 0.416 e. The highest BCUT2D eigenvalue weighted by atomic mass is 19.4. The molecule has 0 aliphatic rings. The summed E-state index contributed by atoms with van der Waals surface area (Å²) in [5.41, 5.74) is 2.45. The van der Waals surface area contributed by atoms with Crippen LogP contribution in [0, 0.1) is 0 Å². The number of nitrogens with one attached hydrogen (secondary N) is 1. The van der Waals surface area contributed by atoms with Gasteiger partial charge >= 0.3 is 6.18 Å². The Kier molecular flexibility index (Phi) is 9.40. The molecule has 0 bridgehead atoms. The number of alkyl halides is 3. The fraction of sp³-hybridized carbons (Fsp3) is 0.333. The van der Waals surface area contributed by atoms with Crippen LogP contribution in [0.1, 0.15) is 39.7 Å². The first kappa shape index (κ1) is 28.6. The zero-order valence-corrected chi connectivity index (χ0v) is 22.0. The van der Waals surface area contributed by atoms with Crippen molar-refractivity contribution in [2.24, 2.45) is 17.0 Å². The molecule has 8 nitrogen and oxygen atoms in total. The number of aliphatic imine (C=N–C) groups is 2. The normalized spacial score (nSPS) is 12.7. The molecule has 11 heteroatoms. The lowest BCUT2D eigenvalue weighted by atomic mass is 10.1. The second kappa shape index (κ2) is 12.5. The van der Waals surface area contributed by atoms with Gasteiger partial charge in [0.1, 0.15) is 12.4 Å². The van der Waals surface area contributed by atoms with Crippen molar-refractivity contribution in [2.75, 3.05) is 34.2 Å². The molecule has 0 fully saturated rings. The molecule has 0 unspecified atom stereocenters. The number of amidine groups is 1. The summed E-state index contributed by atoms with van der Waals surface area (Å²) in [6.07, 6.45) is -2.76. The predicted octanol–water partition coefficient (Wildman–Crippen LogP) is 4.19. The number of carbonyl (C=O) groups is 1. The first-order valence-electron chi connectivity index (χ1n) is 11.9. The Labute approximate surface area is 219 Å². The van der Waals surface area contributed by atoms with Gasteiger partial charge in [0.05, 0.1) is 23.2 Å². The maximum absolute atomic E-state index is 12.8. The number of hydrogen-bond donors (Lipinski definition) is 1. The van der Waals surface area contributed by atoms with Crippen LogP contribution >= 0.6 is 0 Å². The zero-order valence-electron chi connectivity index (χ0n) is 22.0. The quantitative estimate of drug-likeness (QED) is 0.333. The number of rotatable bonds is 9. The molecule has 1 aromatic heterocycles. The van der Waals surface area contributed by atoms with Crippen molar-refractivity contribution in [3.8, 4) is 5.75 Å².